The third-order valence-corrected chi connectivity index (χ3v) is 4.17. The predicted molar refractivity (Wildman–Crippen MR) is 95.6 cm³/mol. The molecule has 0 unspecified atom stereocenters. The smallest absolute Gasteiger partial charge is 0.251 e. The molecule has 5 nitrogen and oxygen atoms in total. The van der Waals surface area contributed by atoms with E-state index in [4.69, 9.17) is 0 Å². The Bertz CT molecular complexity index is 771. The molecule has 0 saturated heterocycles. The number of benzene rings is 2. The van der Waals surface area contributed by atoms with E-state index in [1.807, 2.05) is 61.5 Å². The van der Waals surface area contributed by atoms with Gasteiger partial charge in [0.05, 0.1) is 6.42 Å². The minimum absolute atomic E-state index is 0.0834. The van der Waals surface area contributed by atoms with Crippen LogP contribution >= 0.6 is 0 Å². The van der Waals surface area contributed by atoms with Crippen LogP contribution in [0.1, 0.15) is 15.9 Å². The molecule has 2 amide bonds. The topological polar surface area (TPSA) is 52.7 Å². The summed E-state index contributed by atoms with van der Waals surface area (Å²) in [5, 5.41) is 2.89. The normalized spacial score (nSPS) is 12.9. The Balaban J connectivity index is 1.60. The van der Waals surface area contributed by atoms with Crippen LogP contribution in [0.25, 0.3) is 0 Å². The van der Waals surface area contributed by atoms with Crippen molar-refractivity contribution >= 4 is 23.2 Å². The van der Waals surface area contributed by atoms with Crippen molar-refractivity contribution in [2.75, 3.05) is 37.0 Å². The molecule has 1 aliphatic heterocycles. The van der Waals surface area contributed by atoms with Crippen molar-refractivity contribution in [2.24, 2.45) is 0 Å². The summed E-state index contributed by atoms with van der Waals surface area (Å²) in [4.78, 5) is 28.1. The van der Waals surface area contributed by atoms with E-state index >= 15 is 0 Å². The minimum atomic E-state index is -0.126. The summed E-state index contributed by atoms with van der Waals surface area (Å²) in [6, 6.07) is 15.2. The summed E-state index contributed by atoms with van der Waals surface area (Å²) in [5.74, 6) is -0.0429. The number of hydrogen-bond acceptors (Lipinski definition) is 3. The molecule has 0 bridgehead atoms. The molecule has 1 aliphatic rings. The van der Waals surface area contributed by atoms with Gasteiger partial charge >= 0.3 is 0 Å². The first-order valence-corrected chi connectivity index (χ1v) is 8.00. The monoisotopic (exact) mass is 323 g/mol. The van der Waals surface area contributed by atoms with Gasteiger partial charge in [0.25, 0.3) is 5.91 Å². The quantitative estimate of drug-likeness (QED) is 0.916. The van der Waals surface area contributed by atoms with Crippen LogP contribution in [0.2, 0.25) is 0 Å². The molecule has 2 aromatic carbocycles. The summed E-state index contributed by atoms with van der Waals surface area (Å²) in [7, 11) is 3.88. The molecule has 1 heterocycles. The largest absolute Gasteiger partial charge is 0.378 e. The lowest BCUT2D eigenvalue weighted by atomic mass is 10.2. The van der Waals surface area contributed by atoms with Crippen LogP contribution in [-0.2, 0) is 11.2 Å². The van der Waals surface area contributed by atoms with Gasteiger partial charge < -0.3 is 15.1 Å². The highest BCUT2D eigenvalue weighted by molar-refractivity contribution is 6.01. The number of hydrogen-bond donors (Lipinski definition) is 1. The van der Waals surface area contributed by atoms with E-state index < -0.39 is 0 Å². The van der Waals surface area contributed by atoms with Crippen LogP contribution in [0.4, 0.5) is 11.4 Å². The van der Waals surface area contributed by atoms with E-state index in [-0.39, 0.29) is 11.8 Å². The number of fused-ring (bicyclic) bond motifs is 1. The van der Waals surface area contributed by atoms with Crippen LogP contribution in [-0.4, -0.2) is 39.0 Å². The summed E-state index contributed by atoms with van der Waals surface area (Å²) in [6.07, 6.45) is 0.439. The third-order valence-electron chi connectivity index (χ3n) is 4.17. The first-order valence-electron chi connectivity index (χ1n) is 8.00. The number of rotatable bonds is 5. The number of para-hydroxylation sites is 1. The fourth-order valence-electron chi connectivity index (χ4n) is 2.87. The highest BCUT2D eigenvalue weighted by Gasteiger charge is 2.26. The average molecular weight is 323 g/mol. The second-order valence-corrected chi connectivity index (χ2v) is 6.05. The lowest BCUT2D eigenvalue weighted by Gasteiger charge is -2.18. The maximum atomic E-state index is 12.3. The number of nitrogens with zero attached hydrogens (tertiary/aromatic N) is 2. The molecule has 24 heavy (non-hydrogen) atoms. The van der Waals surface area contributed by atoms with Crippen LogP contribution < -0.4 is 15.1 Å². The number of anilines is 2. The average Bonchev–Trinajstić information content (AvgIpc) is 2.90. The van der Waals surface area contributed by atoms with Crippen LogP contribution in [0, 0.1) is 0 Å². The lowest BCUT2D eigenvalue weighted by Crippen LogP contribution is -2.36. The fourth-order valence-corrected chi connectivity index (χ4v) is 2.87. The Kier molecular flexibility index (Phi) is 4.51. The summed E-state index contributed by atoms with van der Waals surface area (Å²) in [6.45, 7) is 0.903. The molecule has 0 saturated carbocycles. The Morgan fingerprint density at radius 1 is 1.17 bits per heavy atom. The first kappa shape index (κ1) is 16.1. The zero-order chi connectivity index (χ0) is 17.1. The van der Waals surface area contributed by atoms with Crippen molar-refractivity contribution in [3.8, 4) is 0 Å². The van der Waals surface area contributed by atoms with Gasteiger partial charge in [-0.3, -0.25) is 9.59 Å². The molecule has 3 rings (SSSR count). The Hall–Kier alpha value is -2.82. The standard InChI is InChI=1S/C19H21N3O2/c1-21(2)16-8-5-7-15(12-16)19(24)20-10-11-22-17-9-4-3-6-14(17)13-18(22)23/h3-9,12H,10-11,13H2,1-2H3,(H,20,24). The van der Waals surface area contributed by atoms with Crippen molar-refractivity contribution < 1.29 is 9.59 Å². The van der Waals surface area contributed by atoms with Gasteiger partial charge in [0.15, 0.2) is 0 Å². The molecule has 1 N–H and O–H groups in total. The van der Waals surface area contributed by atoms with E-state index in [0.29, 0.717) is 25.1 Å². The third kappa shape index (κ3) is 3.25. The highest BCUT2D eigenvalue weighted by Crippen LogP contribution is 2.27. The van der Waals surface area contributed by atoms with E-state index in [1.54, 1.807) is 11.0 Å². The van der Waals surface area contributed by atoms with Crippen molar-refractivity contribution in [2.45, 2.75) is 6.42 Å². The molecular formula is C19H21N3O2. The zero-order valence-electron chi connectivity index (χ0n) is 14.0. The maximum Gasteiger partial charge on any atom is 0.251 e. The van der Waals surface area contributed by atoms with Gasteiger partial charge in [0.1, 0.15) is 0 Å². The molecule has 0 fully saturated rings. The van der Waals surface area contributed by atoms with E-state index in [9.17, 15) is 9.59 Å². The van der Waals surface area contributed by atoms with Crippen molar-refractivity contribution in [3.05, 3.63) is 59.7 Å². The predicted octanol–water partition coefficient (Wildman–Crippen LogP) is 2.07. The number of carbonyl (C=O) groups excluding carboxylic acids is 2. The zero-order valence-corrected chi connectivity index (χ0v) is 14.0. The van der Waals surface area contributed by atoms with Gasteiger partial charge in [-0.15, -0.1) is 0 Å². The van der Waals surface area contributed by atoms with Gasteiger partial charge in [-0.1, -0.05) is 24.3 Å². The van der Waals surface area contributed by atoms with E-state index in [0.717, 1.165) is 16.9 Å². The molecular weight excluding hydrogens is 302 g/mol. The summed E-state index contributed by atoms with van der Waals surface area (Å²) < 4.78 is 0. The molecule has 0 spiro atoms. The SMILES string of the molecule is CN(C)c1cccc(C(=O)NCCN2C(=O)Cc3ccccc32)c1. The van der Waals surface area contributed by atoms with Crippen LogP contribution in [0.15, 0.2) is 48.5 Å². The Labute approximate surface area is 141 Å². The van der Waals surface area contributed by atoms with Gasteiger partial charge in [0.2, 0.25) is 5.91 Å². The van der Waals surface area contributed by atoms with Crippen molar-refractivity contribution in [1.29, 1.82) is 0 Å². The Morgan fingerprint density at radius 3 is 2.75 bits per heavy atom. The fraction of sp³-hybridized carbons (Fsp3) is 0.263. The molecule has 2 aromatic rings. The molecule has 0 aliphatic carbocycles. The second kappa shape index (κ2) is 6.74. The van der Waals surface area contributed by atoms with Gasteiger partial charge in [-0.25, -0.2) is 0 Å². The molecule has 124 valence electrons. The molecule has 0 atom stereocenters. The van der Waals surface area contributed by atoms with Gasteiger partial charge in [-0.2, -0.15) is 0 Å². The molecule has 5 heteroatoms. The van der Waals surface area contributed by atoms with Crippen LogP contribution in [0.5, 0.6) is 0 Å². The van der Waals surface area contributed by atoms with Gasteiger partial charge in [-0.05, 0) is 29.8 Å². The number of carbonyl (C=O) groups is 2. The maximum absolute atomic E-state index is 12.3. The summed E-state index contributed by atoms with van der Waals surface area (Å²) >= 11 is 0. The van der Waals surface area contributed by atoms with E-state index in [1.165, 1.54) is 0 Å². The Morgan fingerprint density at radius 2 is 1.96 bits per heavy atom. The second-order valence-electron chi connectivity index (χ2n) is 6.05. The molecule has 0 radical (unpaired) electrons. The van der Waals surface area contributed by atoms with E-state index in [2.05, 4.69) is 5.32 Å². The number of amides is 2. The van der Waals surface area contributed by atoms with Gasteiger partial charge in [0, 0.05) is 44.1 Å². The summed E-state index contributed by atoms with van der Waals surface area (Å²) in [5.41, 5.74) is 3.60. The van der Waals surface area contributed by atoms with Crippen LogP contribution in [0.3, 0.4) is 0 Å². The van der Waals surface area contributed by atoms with Crippen molar-refractivity contribution in [1.82, 2.24) is 5.32 Å². The lowest BCUT2D eigenvalue weighted by molar-refractivity contribution is -0.117. The highest BCUT2D eigenvalue weighted by atomic mass is 16.2. The number of nitrogens with one attached hydrogen (secondary N) is 1. The minimum Gasteiger partial charge on any atom is -0.378 e. The van der Waals surface area contributed by atoms with Crippen molar-refractivity contribution in [3.63, 3.8) is 0 Å². The first-order chi connectivity index (χ1) is 11.6. The molecule has 0 aromatic heterocycles.